The zero-order chi connectivity index (χ0) is 40.7. The SMILES string of the molecule is CNC(=O)N(CCC=O)c1nn(C)c2cc([C@H]3CC[C@@H](N4CCC5(CC4)CC(c4cnc6ccc(Oc7c(F)ccc(N)c7C#N)cc6n4)CO5)C(F)C3)c(F)cc12. The molecule has 2 saturated heterocycles. The lowest BCUT2D eigenvalue weighted by Gasteiger charge is -2.45. The van der Waals surface area contributed by atoms with Gasteiger partial charge in [0, 0.05) is 69.8 Å². The van der Waals surface area contributed by atoms with Crippen LogP contribution in [0.15, 0.2) is 48.7 Å². The topological polar surface area (TPSA) is 165 Å². The zero-order valence-electron chi connectivity index (χ0n) is 32.3. The van der Waals surface area contributed by atoms with Gasteiger partial charge in [0.25, 0.3) is 0 Å². The summed E-state index contributed by atoms with van der Waals surface area (Å²) in [6, 6.07) is 11.8. The summed E-state index contributed by atoms with van der Waals surface area (Å²) in [6.45, 7) is 1.94. The number of nitrogens with two attached hydrogens (primary N) is 1. The molecule has 2 unspecified atom stereocenters. The van der Waals surface area contributed by atoms with Gasteiger partial charge in [-0.3, -0.25) is 19.5 Å². The van der Waals surface area contributed by atoms with Crippen molar-refractivity contribution in [2.45, 2.75) is 74.6 Å². The quantitative estimate of drug-likeness (QED) is 0.120. The number of hydrogen-bond acceptors (Lipinski definition) is 10. The molecule has 302 valence electrons. The van der Waals surface area contributed by atoms with Crippen LogP contribution in [-0.2, 0) is 16.6 Å². The molecular weight excluding hydrogens is 752 g/mol. The van der Waals surface area contributed by atoms with Crippen molar-refractivity contribution in [3.8, 4) is 17.6 Å². The summed E-state index contributed by atoms with van der Waals surface area (Å²) in [7, 11) is 3.19. The Morgan fingerprint density at radius 1 is 1.14 bits per heavy atom. The summed E-state index contributed by atoms with van der Waals surface area (Å²) in [6.07, 6.45) is 5.09. The van der Waals surface area contributed by atoms with Crippen LogP contribution >= 0.6 is 0 Å². The van der Waals surface area contributed by atoms with Crippen LogP contribution in [0.2, 0.25) is 0 Å². The third kappa shape index (κ3) is 7.28. The Morgan fingerprint density at radius 3 is 2.69 bits per heavy atom. The van der Waals surface area contributed by atoms with Gasteiger partial charge in [0.15, 0.2) is 17.4 Å². The molecule has 2 amide bonds. The molecule has 16 heteroatoms. The van der Waals surface area contributed by atoms with E-state index in [4.69, 9.17) is 20.2 Å². The molecule has 1 spiro atoms. The van der Waals surface area contributed by atoms with Crippen LogP contribution in [0.5, 0.6) is 11.5 Å². The number of aldehydes is 1. The first-order chi connectivity index (χ1) is 28.0. The van der Waals surface area contributed by atoms with Gasteiger partial charge >= 0.3 is 6.03 Å². The van der Waals surface area contributed by atoms with Gasteiger partial charge in [-0.15, -0.1) is 0 Å². The second kappa shape index (κ2) is 15.9. The fourth-order valence-electron chi connectivity index (χ4n) is 9.02. The summed E-state index contributed by atoms with van der Waals surface area (Å²) >= 11 is 0. The number of ether oxygens (including phenoxy) is 2. The maximum atomic E-state index is 16.1. The first-order valence-corrected chi connectivity index (χ1v) is 19.5. The van der Waals surface area contributed by atoms with Crippen LogP contribution in [-0.4, -0.2) is 88.1 Å². The van der Waals surface area contributed by atoms with Gasteiger partial charge in [0.05, 0.1) is 40.1 Å². The molecule has 3 fully saturated rings. The van der Waals surface area contributed by atoms with Crippen LogP contribution in [0.3, 0.4) is 0 Å². The first kappa shape index (κ1) is 39.1. The number of benzene rings is 3. The second-order valence-corrected chi connectivity index (χ2v) is 15.5. The molecule has 3 N–H and O–H groups in total. The summed E-state index contributed by atoms with van der Waals surface area (Å²) in [4.78, 5) is 36.7. The van der Waals surface area contributed by atoms with E-state index in [1.807, 2.05) is 6.07 Å². The molecule has 4 atom stereocenters. The number of anilines is 2. The van der Waals surface area contributed by atoms with E-state index >= 15 is 8.78 Å². The molecule has 8 rings (SSSR count). The van der Waals surface area contributed by atoms with Crippen molar-refractivity contribution in [3.63, 3.8) is 0 Å². The molecule has 0 bridgehead atoms. The Kier molecular flexibility index (Phi) is 10.7. The number of aromatic nitrogens is 4. The molecule has 58 heavy (non-hydrogen) atoms. The highest BCUT2D eigenvalue weighted by molar-refractivity contribution is 6.01. The van der Waals surface area contributed by atoms with Crippen LogP contribution in [0, 0.1) is 23.0 Å². The number of piperidine rings is 1. The van der Waals surface area contributed by atoms with Gasteiger partial charge in [-0.1, -0.05) is 0 Å². The molecule has 3 aromatic carbocycles. The van der Waals surface area contributed by atoms with Gasteiger partial charge in [0.1, 0.15) is 35.7 Å². The Balaban J connectivity index is 0.900. The molecule has 3 aliphatic rings. The van der Waals surface area contributed by atoms with Crippen molar-refractivity contribution in [3.05, 3.63) is 77.1 Å². The smallest absolute Gasteiger partial charge is 0.322 e. The average molecular weight is 796 g/mol. The lowest BCUT2D eigenvalue weighted by atomic mass is 9.78. The molecule has 2 aliphatic heterocycles. The third-order valence-corrected chi connectivity index (χ3v) is 12.1. The Hall–Kier alpha value is -5.79. The molecule has 0 radical (unpaired) electrons. The number of aryl methyl sites for hydroxylation is 1. The molecule has 1 saturated carbocycles. The number of fused-ring (bicyclic) bond motifs is 2. The predicted molar refractivity (Wildman–Crippen MR) is 210 cm³/mol. The van der Waals surface area contributed by atoms with Gasteiger partial charge in [0.2, 0.25) is 0 Å². The lowest BCUT2D eigenvalue weighted by Crippen LogP contribution is -2.52. The number of alkyl halides is 1. The molecule has 13 nitrogen and oxygen atoms in total. The monoisotopic (exact) mass is 795 g/mol. The fourth-order valence-corrected chi connectivity index (χ4v) is 9.02. The predicted octanol–water partition coefficient (Wildman–Crippen LogP) is 6.79. The summed E-state index contributed by atoms with van der Waals surface area (Å²) in [5, 5.41) is 17.0. The number of nitrogen functional groups attached to an aromatic ring is 1. The van der Waals surface area contributed by atoms with Gasteiger partial charge < -0.3 is 25.3 Å². The Bertz CT molecular complexity index is 2430. The fraction of sp³-hybridized carbons (Fsp3) is 0.429. The zero-order valence-corrected chi connectivity index (χ0v) is 32.3. The van der Waals surface area contributed by atoms with E-state index in [1.54, 1.807) is 42.2 Å². The highest BCUT2D eigenvalue weighted by atomic mass is 19.1. The van der Waals surface area contributed by atoms with Crippen LogP contribution in [0.1, 0.15) is 73.6 Å². The average Bonchev–Trinajstić information content (AvgIpc) is 3.78. The van der Waals surface area contributed by atoms with E-state index in [2.05, 4.69) is 20.3 Å². The number of amides is 2. The van der Waals surface area contributed by atoms with Crippen molar-refractivity contribution in [1.82, 2.24) is 30.0 Å². The van der Waals surface area contributed by atoms with Crippen LogP contribution in [0.25, 0.3) is 21.9 Å². The molecule has 1 aliphatic carbocycles. The van der Waals surface area contributed by atoms with E-state index in [9.17, 15) is 19.2 Å². The van der Waals surface area contributed by atoms with Crippen molar-refractivity contribution < 1.29 is 32.2 Å². The highest BCUT2D eigenvalue weighted by Crippen LogP contribution is 2.45. The molecule has 2 aromatic heterocycles. The maximum absolute atomic E-state index is 16.1. The number of nitrogens with zero attached hydrogens (tertiary/aromatic N) is 7. The van der Waals surface area contributed by atoms with Crippen molar-refractivity contribution >= 4 is 45.8 Å². The number of hydrogen-bond donors (Lipinski definition) is 2. The number of nitriles is 1. The van der Waals surface area contributed by atoms with E-state index in [0.29, 0.717) is 72.1 Å². The van der Waals surface area contributed by atoms with E-state index in [0.717, 1.165) is 31.0 Å². The normalized spacial score (nSPS) is 21.9. The standard InChI is InChI=1S/C42H44F3N9O4/c1-48-41(56)54(12-3-15-55)40-28-18-31(44)27(19-38(28)52(2)51-40)24-4-9-37(32(45)16-24)53-13-10-42(11-14-53)20-25(23-57-42)36-22-49-34-8-5-26(17-35(34)50-36)58-39-29(21-46)33(47)7-6-30(39)43/h5-8,15,17-19,22,24-25,32,37H,3-4,9-14,16,20,23,47H2,1-2H3,(H,48,56)/t24-,25?,32?,37+/m0/s1. The van der Waals surface area contributed by atoms with Gasteiger partial charge in [-0.25, -0.2) is 22.9 Å². The summed E-state index contributed by atoms with van der Waals surface area (Å²) < 4.78 is 60.4. The third-order valence-electron chi connectivity index (χ3n) is 12.1. The van der Waals surface area contributed by atoms with Crippen molar-refractivity contribution in [2.24, 2.45) is 7.05 Å². The lowest BCUT2D eigenvalue weighted by molar-refractivity contribution is -0.107. The number of halogens is 3. The van der Waals surface area contributed by atoms with Crippen molar-refractivity contribution in [2.75, 3.05) is 43.9 Å². The van der Waals surface area contributed by atoms with Crippen LogP contribution in [0.4, 0.5) is 29.5 Å². The summed E-state index contributed by atoms with van der Waals surface area (Å²) in [5.74, 6) is -1.18. The second-order valence-electron chi connectivity index (χ2n) is 15.5. The largest absolute Gasteiger partial charge is 0.453 e. The van der Waals surface area contributed by atoms with Gasteiger partial charge in [-0.2, -0.15) is 10.4 Å². The minimum Gasteiger partial charge on any atom is -0.453 e. The summed E-state index contributed by atoms with van der Waals surface area (Å²) in [5.41, 5.74) is 8.56. The van der Waals surface area contributed by atoms with E-state index in [1.165, 1.54) is 24.1 Å². The number of carbonyl (C=O) groups is 2. The number of carbonyl (C=O) groups excluding carboxylic acids is 2. The van der Waals surface area contributed by atoms with E-state index < -0.39 is 23.8 Å². The maximum Gasteiger partial charge on any atom is 0.322 e. The Labute approximate surface area is 332 Å². The number of likely N-dealkylation sites (tertiary alicyclic amines) is 1. The first-order valence-electron chi connectivity index (χ1n) is 19.5. The van der Waals surface area contributed by atoms with Crippen molar-refractivity contribution in [1.29, 1.82) is 5.26 Å². The van der Waals surface area contributed by atoms with Crippen LogP contribution < -0.4 is 20.7 Å². The van der Waals surface area contributed by atoms with Gasteiger partial charge in [-0.05, 0) is 86.4 Å². The minimum atomic E-state index is -1.14. The minimum absolute atomic E-state index is 0.0000893. The number of rotatable bonds is 9. The number of urea groups is 1. The van der Waals surface area contributed by atoms with E-state index in [-0.39, 0.29) is 65.7 Å². The molecular formula is C42H44F3N9O4. The number of nitrogens with one attached hydrogen (secondary N) is 1. The molecule has 4 heterocycles. The molecule has 5 aromatic rings. The highest BCUT2D eigenvalue weighted by Gasteiger charge is 2.46. The Morgan fingerprint density at radius 2 is 1.95 bits per heavy atom.